The van der Waals surface area contributed by atoms with Gasteiger partial charge in [-0.3, -0.25) is 14.9 Å². The van der Waals surface area contributed by atoms with Crippen LogP contribution in [0.25, 0.3) is 11.0 Å². The fourth-order valence-corrected chi connectivity index (χ4v) is 4.80. The molecule has 0 bridgehead atoms. The molecule has 31 heavy (non-hydrogen) atoms. The Morgan fingerprint density at radius 2 is 2.00 bits per heavy atom. The van der Waals surface area contributed by atoms with Gasteiger partial charge in [0.25, 0.3) is 11.8 Å². The number of carbonyl (C=O) groups is 2. The summed E-state index contributed by atoms with van der Waals surface area (Å²) < 4.78 is 24.5. The van der Waals surface area contributed by atoms with Gasteiger partial charge >= 0.3 is 0 Å². The Kier molecular flexibility index (Phi) is 4.64. The summed E-state index contributed by atoms with van der Waals surface area (Å²) >= 11 is 0. The first-order valence-corrected chi connectivity index (χ1v) is 10.4. The second kappa shape index (κ2) is 7.37. The van der Waals surface area contributed by atoms with E-state index < -0.39 is 0 Å². The molecular formula is C23H22FN3O4. The minimum Gasteiger partial charge on any atom is -0.494 e. The third kappa shape index (κ3) is 3.05. The van der Waals surface area contributed by atoms with Crippen LogP contribution in [0.2, 0.25) is 0 Å². The standard InChI is InChI=1S/C23H22FN3O4/c1-3-14-19-16(22(28)25-23(19)29)11-17(21(14)30-2)27-8-6-12(7-9-27)20-15-5-4-13(24)10-18(15)31-26-20/h4-5,10-12H,3,6-9H2,1-2H3,(H,25,28,29). The van der Waals surface area contributed by atoms with Crippen LogP contribution in [0.15, 0.2) is 28.8 Å². The normalized spacial score (nSPS) is 16.7. The van der Waals surface area contributed by atoms with Crippen molar-refractivity contribution in [2.24, 2.45) is 0 Å². The van der Waals surface area contributed by atoms with E-state index >= 15 is 0 Å². The molecule has 5 rings (SSSR count). The summed E-state index contributed by atoms with van der Waals surface area (Å²) in [7, 11) is 1.59. The molecule has 2 aliphatic rings. The maximum absolute atomic E-state index is 13.5. The average molecular weight is 423 g/mol. The van der Waals surface area contributed by atoms with Crippen LogP contribution in [-0.4, -0.2) is 37.2 Å². The lowest BCUT2D eigenvalue weighted by Gasteiger charge is -2.34. The number of anilines is 1. The van der Waals surface area contributed by atoms with Crippen LogP contribution >= 0.6 is 0 Å². The molecule has 2 amide bonds. The van der Waals surface area contributed by atoms with Crippen molar-refractivity contribution in [1.82, 2.24) is 10.5 Å². The van der Waals surface area contributed by atoms with Gasteiger partial charge in [-0.25, -0.2) is 4.39 Å². The molecule has 2 aliphatic heterocycles. The quantitative estimate of drug-likeness (QED) is 0.643. The Bertz CT molecular complexity index is 1210. The zero-order valence-corrected chi connectivity index (χ0v) is 17.3. The lowest BCUT2D eigenvalue weighted by atomic mass is 9.90. The molecule has 3 aromatic rings. The Morgan fingerprint density at radius 3 is 2.71 bits per heavy atom. The van der Waals surface area contributed by atoms with Crippen molar-refractivity contribution in [1.29, 1.82) is 0 Å². The first kappa shape index (κ1) is 19.5. The molecule has 1 N–H and O–H groups in total. The number of imide groups is 1. The van der Waals surface area contributed by atoms with E-state index in [0.29, 0.717) is 28.9 Å². The van der Waals surface area contributed by atoms with Gasteiger partial charge in [-0.1, -0.05) is 12.1 Å². The number of fused-ring (bicyclic) bond motifs is 2. The van der Waals surface area contributed by atoms with E-state index in [1.807, 2.05) is 6.92 Å². The number of hydrogen-bond acceptors (Lipinski definition) is 6. The van der Waals surface area contributed by atoms with E-state index in [1.54, 1.807) is 19.2 Å². The molecule has 2 aromatic carbocycles. The van der Waals surface area contributed by atoms with Crippen molar-refractivity contribution in [3.63, 3.8) is 0 Å². The van der Waals surface area contributed by atoms with Crippen molar-refractivity contribution in [3.05, 3.63) is 52.5 Å². The number of halogens is 1. The van der Waals surface area contributed by atoms with Crippen molar-refractivity contribution >= 4 is 28.5 Å². The molecular weight excluding hydrogens is 401 g/mol. The predicted octanol–water partition coefficient (Wildman–Crippen LogP) is 3.81. The van der Waals surface area contributed by atoms with Crippen molar-refractivity contribution in [2.45, 2.75) is 32.1 Å². The SMILES string of the molecule is CCc1c(OC)c(N2CCC(c3noc4cc(F)ccc34)CC2)cc2c1C(=O)NC2=O. The summed E-state index contributed by atoms with van der Waals surface area (Å²) in [5, 5.41) is 7.44. The Hall–Kier alpha value is -3.42. The highest BCUT2D eigenvalue weighted by Crippen LogP contribution is 2.41. The fraction of sp³-hybridized carbons (Fsp3) is 0.348. The highest BCUT2D eigenvalue weighted by Gasteiger charge is 2.35. The minimum absolute atomic E-state index is 0.193. The topological polar surface area (TPSA) is 84.7 Å². The van der Waals surface area contributed by atoms with Gasteiger partial charge in [-0.05, 0) is 37.5 Å². The summed E-state index contributed by atoms with van der Waals surface area (Å²) in [6, 6.07) is 6.26. The van der Waals surface area contributed by atoms with Gasteiger partial charge in [-0.15, -0.1) is 0 Å². The van der Waals surface area contributed by atoms with E-state index in [2.05, 4.69) is 15.4 Å². The molecule has 0 saturated carbocycles. The van der Waals surface area contributed by atoms with E-state index in [1.165, 1.54) is 12.1 Å². The fourth-order valence-electron chi connectivity index (χ4n) is 4.80. The highest BCUT2D eigenvalue weighted by molar-refractivity contribution is 6.23. The monoisotopic (exact) mass is 423 g/mol. The third-order valence-electron chi connectivity index (χ3n) is 6.30. The van der Waals surface area contributed by atoms with Crippen LogP contribution < -0.4 is 15.0 Å². The van der Waals surface area contributed by atoms with Gasteiger partial charge in [0.05, 0.1) is 29.6 Å². The van der Waals surface area contributed by atoms with Crippen molar-refractivity contribution in [3.8, 4) is 5.75 Å². The van der Waals surface area contributed by atoms with Crippen molar-refractivity contribution < 1.29 is 23.2 Å². The summed E-state index contributed by atoms with van der Waals surface area (Å²) in [4.78, 5) is 26.8. The number of piperidine rings is 1. The molecule has 7 nitrogen and oxygen atoms in total. The first-order chi connectivity index (χ1) is 15.0. The van der Waals surface area contributed by atoms with Gasteiger partial charge in [-0.2, -0.15) is 0 Å². The Labute approximate surface area is 178 Å². The molecule has 160 valence electrons. The number of nitrogens with one attached hydrogen (secondary N) is 1. The molecule has 0 radical (unpaired) electrons. The maximum Gasteiger partial charge on any atom is 0.259 e. The predicted molar refractivity (Wildman–Crippen MR) is 112 cm³/mol. The molecule has 0 atom stereocenters. The maximum atomic E-state index is 13.5. The second-order valence-electron chi connectivity index (χ2n) is 7.94. The number of carbonyl (C=O) groups excluding carboxylic acids is 2. The van der Waals surface area contributed by atoms with Gasteiger partial charge in [0.15, 0.2) is 5.58 Å². The van der Waals surface area contributed by atoms with Crippen LogP contribution in [0.5, 0.6) is 5.75 Å². The minimum atomic E-state index is -0.366. The number of amides is 2. The van der Waals surface area contributed by atoms with Crippen molar-refractivity contribution in [2.75, 3.05) is 25.1 Å². The number of aromatic nitrogens is 1. The first-order valence-electron chi connectivity index (χ1n) is 10.4. The molecule has 1 fully saturated rings. The summed E-state index contributed by atoms with van der Waals surface area (Å²) in [5.74, 6) is -0.238. The molecule has 0 unspecified atom stereocenters. The van der Waals surface area contributed by atoms with Crippen LogP contribution in [0.4, 0.5) is 10.1 Å². The molecule has 3 heterocycles. The number of methoxy groups -OCH3 is 1. The summed E-state index contributed by atoms with van der Waals surface area (Å²) in [5.41, 5.74) is 3.72. The third-order valence-corrected chi connectivity index (χ3v) is 6.30. The van der Waals surface area contributed by atoms with Crippen LogP contribution in [0.1, 0.15) is 57.7 Å². The number of rotatable bonds is 4. The average Bonchev–Trinajstić information content (AvgIpc) is 3.32. The number of benzene rings is 2. The number of hydrogen-bond donors (Lipinski definition) is 1. The van der Waals surface area contributed by atoms with E-state index in [0.717, 1.165) is 48.3 Å². The van der Waals surface area contributed by atoms with Gasteiger partial charge in [0.2, 0.25) is 0 Å². The van der Waals surface area contributed by atoms with Gasteiger partial charge in [0.1, 0.15) is 11.6 Å². The Morgan fingerprint density at radius 1 is 1.23 bits per heavy atom. The Balaban J connectivity index is 1.45. The molecule has 0 aliphatic carbocycles. The molecule has 0 spiro atoms. The van der Waals surface area contributed by atoms with E-state index in [-0.39, 0.29) is 23.5 Å². The smallest absolute Gasteiger partial charge is 0.259 e. The van der Waals surface area contributed by atoms with Crippen LogP contribution in [0, 0.1) is 5.82 Å². The molecule has 8 heteroatoms. The van der Waals surface area contributed by atoms with Crippen LogP contribution in [-0.2, 0) is 6.42 Å². The largest absolute Gasteiger partial charge is 0.494 e. The lowest BCUT2D eigenvalue weighted by molar-refractivity contribution is 0.0879. The zero-order valence-electron chi connectivity index (χ0n) is 17.3. The van der Waals surface area contributed by atoms with E-state index in [9.17, 15) is 14.0 Å². The van der Waals surface area contributed by atoms with E-state index in [4.69, 9.17) is 9.26 Å². The zero-order chi connectivity index (χ0) is 21.7. The summed E-state index contributed by atoms with van der Waals surface area (Å²) in [6.07, 6.45) is 2.23. The van der Waals surface area contributed by atoms with Crippen LogP contribution in [0.3, 0.4) is 0 Å². The summed E-state index contributed by atoms with van der Waals surface area (Å²) in [6.45, 7) is 3.41. The number of ether oxygens (including phenoxy) is 1. The van der Waals surface area contributed by atoms with Gasteiger partial charge in [0, 0.05) is 36.0 Å². The lowest BCUT2D eigenvalue weighted by Crippen LogP contribution is -2.33. The molecule has 1 saturated heterocycles. The molecule has 1 aromatic heterocycles. The highest BCUT2D eigenvalue weighted by atomic mass is 19.1. The van der Waals surface area contributed by atoms with Gasteiger partial charge < -0.3 is 14.2 Å². The second-order valence-corrected chi connectivity index (χ2v) is 7.94. The number of nitrogens with zero attached hydrogens (tertiary/aromatic N) is 2.